The zero-order valence-corrected chi connectivity index (χ0v) is 10.0. The van der Waals surface area contributed by atoms with Gasteiger partial charge in [0.15, 0.2) is 0 Å². The zero-order valence-electron chi connectivity index (χ0n) is 10.0. The lowest BCUT2D eigenvalue weighted by atomic mass is 9.85. The summed E-state index contributed by atoms with van der Waals surface area (Å²) in [7, 11) is 0. The molecule has 2 heteroatoms. The van der Waals surface area contributed by atoms with Crippen LogP contribution in [0.2, 0.25) is 0 Å². The van der Waals surface area contributed by atoms with Gasteiger partial charge >= 0.3 is 0 Å². The van der Waals surface area contributed by atoms with Crippen LogP contribution in [-0.4, -0.2) is 23.5 Å². The van der Waals surface area contributed by atoms with E-state index < -0.39 is 0 Å². The molecule has 1 aliphatic rings. The fourth-order valence-corrected chi connectivity index (χ4v) is 2.04. The second-order valence-corrected chi connectivity index (χ2v) is 5.52. The van der Waals surface area contributed by atoms with Gasteiger partial charge in [0, 0.05) is 24.3 Å². The third-order valence-corrected chi connectivity index (χ3v) is 3.21. The van der Waals surface area contributed by atoms with Crippen molar-refractivity contribution >= 4 is 0 Å². The number of hydrogen-bond acceptors (Lipinski definition) is 2. The van der Waals surface area contributed by atoms with E-state index >= 15 is 0 Å². The molecule has 0 aromatic rings. The van der Waals surface area contributed by atoms with Crippen LogP contribution < -0.4 is 5.73 Å². The molecule has 0 bridgehead atoms. The van der Waals surface area contributed by atoms with Crippen LogP contribution in [0.3, 0.4) is 0 Å². The first-order valence-corrected chi connectivity index (χ1v) is 5.55. The molecule has 0 amide bonds. The maximum Gasteiger partial charge on any atom is 0.0489 e. The molecule has 0 aromatic carbocycles. The number of nitrogens with two attached hydrogens (primary N) is 1. The molecule has 82 valence electrons. The Morgan fingerprint density at radius 2 is 2.07 bits per heavy atom. The van der Waals surface area contributed by atoms with E-state index in [0.29, 0.717) is 6.04 Å². The Kier molecular flexibility index (Phi) is 3.25. The first-order chi connectivity index (χ1) is 6.34. The van der Waals surface area contributed by atoms with Crippen molar-refractivity contribution in [3.8, 4) is 0 Å². The van der Waals surface area contributed by atoms with Gasteiger partial charge in [0.25, 0.3) is 0 Å². The Labute approximate surface area is 88.2 Å². The lowest BCUT2D eigenvalue weighted by Gasteiger charge is -2.36. The molecular weight excluding hydrogens is 172 g/mol. The topological polar surface area (TPSA) is 29.3 Å². The van der Waals surface area contributed by atoms with Crippen molar-refractivity contribution in [2.24, 2.45) is 11.1 Å². The fourth-order valence-electron chi connectivity index (χ4n) is 2.04. The van der Waals surface area contributed by atoms with Crippen LogP contribution in [0.15, 0.2) is 12.3 Å². The Balaban J connectivity index is 2.65. The number of nitrogens with zero attached hydrogens (tertiary/aromatic N) is 1. The van der Waals surface area contributed by atoms with Crippen molar-refractivity contribution in [3.05, 3.63) is 12.3 Å². The molecule has 1 fully saturated rings. The molecule has 2 atom stereocenters. The average molecular weight is 196 g/mol. The Morgan fingerprint density at radius 3 is 2.43 bits per heavy atom. The van der Waals surface area contributed by atoms with Crippen LogP contribution in [0.4, 0.5) is 0 Å². The second-order valence-electron chi connectivity index (χ2n) is 5.52. The second kappa shape index (κ2) is 3.93. The average Bonchev–Trinajstić information content (AvgIpc) is 2.47. The van der Waals surface area contributed by atoms with E-state index in [1.165, 1.54) is 12.8 Å². The first-order valence-electron chi connectivity index (χ1n) is 5.55. The predicted molar refractivity (Wildman–Crippen MR) is 62.0 cm³/mol. The quantitative estimate of drug-likeness (QED) is 0.734. The van der Waals surface area contributed by atoms with Gasteiger partial charge in [-0.15, -0.1) is 0 Å². The van der Waals surface area contributed by atoms with Crippen LogP contribution in [0.1, 0.15) is 40.5 Å². The van der Waals surface area contributed by atoms with Crippen molar-refractivity contribution in [1.82, 2.24) is 4.90 Å². The van der Waals surface area contributed by atoms with Gasteiger partial charge < -0.3 is 10.6 Å². The van der Waals surface area contributed by atoms with Crippen LogP contribution >= 0.6 is 0 Å². The summed E-state index contributed by atoms with van der Waals surface area (Å²) in [6.07, 6.45) is 2.55. The van der Waals surface area contributed by atoms with E-state index in [0.717, 1.165) is 12.2 Å². The highest BCUT2D eigenvalue weighted by Gasteiger charge is 2.30. The van der Waals surface area contributed by atoms with E-state index in [1.807, 2.05) is 0 Å². The molecule has 1 heterocycles. The van der Waals surface area contributed by atoms with Crippen molar-refractivity contribution in [1.29, 1.82) is 0 Å². The summed E-state index contributed by atoms with van der Waals surface area (Å²) in [6.45, 7) is 14.1. The minimum Gasteiger partial charge on any atom is -0.371 e. The summed E-state index contributed by atoms with van der Waals surface area (Å²) < 4.78 is 0. The van der Waals surface area contributed by atoms with Crippen LogP contribution in [0, 0.1) is 5.41 Å². The first kappa shape index (κ1) is 11.6. The molecule has 14 heavy (non-hydrogen) atoms. The van der Waals surface area contributed by atoms with Crippen LogP contribution in [0.5, 0.6) is 0 Å². The molecule has 0 aliphatic carbocycles. The van der Waals surface area contributed by atoms with Crippen LogP contribution in [0.25, 0.3) is 0 Å². The molecule has 0 radical (unpaired) electrons. The minimum atomic E-state index is 0.0723. The summed E-state index contributed by atoms with van der Waals surface area (Å²) in [5.41, 5.74) is 7.42. The van der Waals surface area contributed by atoms with Gasteiger partial charge in [0.05, 0.1) is 0 Å². The van der Waals surface area contributed by atoms with Gasteiger partial charge in [-0.1, -0.05) is 27.4 Å². The molecule has 0 aromatic heterocycles. The summed E-state index contributed by atoms with van der Waals surface area (Å²) in [5, 5.41) is 0. The third kappa shape index (κ3) is 2.30. The Hall–Kier alpha value is -0.500. The molecule has 0 saturated carbocycles. The van der Waals surface area contributed by atoms with Gasteiger partial charge in [-0.05, 0) is 25.2 Å². The van der Waals surface area contributed by atoms with E-state index in [-0.39, 0.29) is 11.5 Å². The SMILES string of the molecule is C=C([C@@H](N)C(C)(C)C)N1CCC[C@H]1C. The lowest BCUT2D eigenvalue weighted by Crippen LogP contribution is -2.43. The summed E-state index contributed by atoms with van der Waals surface area (Å²) in [4.78, 5) is 2.37. The maximum absolute atomic E-state index is 6.20. The Bertz CT molecular complexity index is 211. The summed E-state index contributed by atoms with van der Waals surface area (Å²) in [5.74, 6) is 0. The van der Waals surface area contributed by atoms with E-state index in [1.54, 1.807) is 0 Å². The van der Waals surface area contributed by atoms with E-state index in [4.69, 9.17) is 5.73 Å². The largest absolute Gasteiger partial charge is 0.371 e. The molecule has 2 nitrogen and oxygen atoms in total. The van der Waals surface area contributed by atoms with Crippen molar-refractivity contribution in [2.75, 3.05) is 6.54 Å². The monoisotopic (exact) mass is 196 g/mol. The Morgan fingerprint density at radius 1 is 1.50 bits per heavy atom. The smallest absolute Gasteiger partial charge is 0.0489 e. The number of likely N-dealkylation sites (tertiary alicyclic amines) is 1. The van der Waals surface area contributed by atoms with Crippen molar-refractivity contribution in [3.63, 3.8) is 0 Å². The highest BCUT2D eigenvalue weighted by molar-refractivity contribution is 5.10. The minimum absolute atomic E-state index is 0.0723. The molecule has 1 aliphatic heterocycles. The van der Waals surface area contributed by atoms with Crippen molar-refractivity contribution < 1.29 is 0 Å². The predicted octanol–water partition coefficient (Wildman–Crippen LogP) is 2.36. The van der Waals surface area contributed by atoms with E-state index in [9.17, 15) is 0 Å². The van der Waals surface area contributed by atoms with Gasteiger partial charge in [-0.25, -0.2) is 0 Å². The summed E-state index contributed by atoms with van der Waals surface area (Å²) in [6, 6.07) is 0.693. The lowest BCUT2D eigenvalue weighted by molar-refractivity contribution is 0.256. The molecule has 0 spiro atoms. The van der Waals surface area contributed by atoms with Crippen LogP contribution in [-0.2, 0) is 0 Å². The number of rotatable bonds is 2. The normalized spacial score (nSPS) is 25.2. The maximum atomic E-state index is 6.20. The van der Waals surface area contributed by atoms with Crippen molar-refractivity contribution in [2.45, 2.75) is 52.6 Å². The van der Waals surface area contributed by atoms with Gasteiger partial charge in [0.1, 0.15) is 0 Å². The fraction of sp³-hybridized carbons (Fsp3) is 0.833. The standard InChI is InChI=1S/C12H24N2/c1-9-7-6-8-14(9)10(2)11(13)12(3,4)5/h9,11H,2,6-8,13H2,1,3-5H3/t9-,11-/m1/s1. The van der Waals surface area contributed by atoms with Gasteiger partial charge in [0.2, 0.25) is 0 Å². The third-order valence-electron chi connectivity index (χ3n) is 3.21. The molecule has 1 rings (SSSR count). The highest BCUT2D eigenvalue weighted by Crippen LogP contribution is 2.29. The summed E-state index contributed by atoms with van der Waals surface area (Å²) >= 11 is 0. The molecular formula is C12H24N2. The van der Waals surface area contributed by atoms with Gasteiger partial charge in [-0.2, -0.15) is 0 Å². The molecule has 0 unspecified atom stereocenters. The molecule has 1 saturated heterocycles. The zero-order chi connectivity index (χ0) is 10.9. The number of hydrogen-bond donors (Lipinski definition) is 1. The van der Waals surface area contributed by atoms with Gasteiger partial charge in [-0.3, -0.25) is 0 Å². The van der Waals surface area contributed by atoms with E-state index in [2.05, 4.69) is 39.2 Å². The highest BCUT2D eigenvalue weighted by atomic mass is 15.2. The molecule has 2 N–H and O–H groups in total.